The van der Waals surface area contributed by atoms with Crippen LogP contribution in [0.4, 0.5) is 0 Å². The van der Waals surface area contributed by atoms with Crippen molar-refractivity contribution in [3.05, 3.63) is 0 Å². The third-order valence-electron chi connectivity index (χ3n) is 1.89. The van der Waals surface area contributed by atoms with Crippen molar-refractivity contribution in [2.24, 2.45) is 0 Å². The molecule has 0 heterocycles. The van der Waals surface area contributed by atoms with E-state index < -0.39 is 7.82 Å². The molecule has 0 aromatic heterocycles. The highest BCUT2D eigenvalue weighted by atomic mass is 31.2. The van der Waals surface area contributed by atoms with Crippen LogP contribution in [0.2, 0.25) is 6.32 Å². The first-order valence-electron chi connectivity index (χ1n) is 4.98. The van der Waals surface area contributed by atoms with Crippen LogP contribution >= 0.6 is 7.82 Å². The number of hydrogen-bond acceptors (Lipinski definition) is 4. The van der Waals surface area contributed by atoms with Gasteiger partial charge in [0, 0.05) is 13.6 Å². The minimum Gasteiger partial charge on any atom is -0.358 e. The SMILES string of the molecule is BCC(=O)N(CCOP(=O)(O)O)CC(=O)NC. The number of amides is 2. The lowest BCUT2D eigenvalue weighted by atomic mass is 10.0. The van der Waals surface area contributed by atoms with Crippen LogP contribution in [-0.4, -0.2) is 61.1 Å². The van der Waals surface area contributed by atoms with Crippen LogP contribution in [0.25, 0.3) is 0 Å². The van der Waals surface area contributed by atoms with E-state index in [-0.39, 0.29) is 37.8 Å². The molecule has 0 saturated heterocycles. The van der Waals surface area contributed by atoms with Crippen molar-refractivity contribution in [1.82, 2.24) is 10.2 Å². The zero-order valence-electron chi connectivity index (χ0n) is 9.75. The zero-order valence-corrected chi connectivity index (χ0v) is 10.6. The summed E-state index contributed by atoms with van der Waals surface area (Å²) >= 11 is 0. The Morgan fingerprint density at radius 3 is 2.47 bits per heavy atom. The smallest absolute Gasteiger partial charge is 0.358 e. The molecule has 0 aromatic carbocycles. The third-order valence-corrected chi connectivity index (χ3v) is 2.41. The highest BCUT2D eigenvalue weighted by Crippen LogP contribution is 2.35. The highest BCUT2D eigenvalue weighted by Gasteiger charge is 2.18. The molecule has 0 radical (unpaired) electrons. The van der Waals surface area contributed by atoms with Gasteiger partial charge in [-0.15, -0.1) is 0 Å². The molecule has 2 amide bonds. The molecule has 98 valence electrons. The van der Waals surface area contributed by atoms with Crippen LogP contribution < -0.4 is 5.32 Å². The Morgan fingerprint density at radius 2 is 2.06 bits per heavy atom. The maximum Gasteiger partial charge on any atom is 0.469 e. The number of nitrogens with one attached hydrogen (secondary N) is 1. The first kappa shape index (κ1) is 16.1. The summed E-state index contributed by atoms with van der Waals surface area (Å²) in [5, 5.41) is 2.35. The fraction of sp³-hybridized carbons (Fsp3) is 0.714. The van der Waals surface area contributed by atoms with Gasteiger partial charge in [0.25, 0.3) is 0 Å². The minimum atomic E-state index is -4.54. The van der Waals surface area contributed by atoms with Crippen molar-refractivity contribution < 1.29 is 28.5 Å². The Morgan fingerprint density at radius 1 is 1.47 bits per heavy atom. The maximum absolute atomic E-state index is 11.4. The molecule has 0 aliphatic rings. The third kappa shape index (κ3) is 7.92. The second kappa shape index (κ2) is 7.44. The quantitative estimate of drug-likeness (QED) is 0.353. The van der Waals surface area contributed by atoms with Crippen LogP contribution in [-0.2, 0) is 18.7 Å². The summed E-state index contributed by atoms with van der Waals surface area (Å²) in [5.74, 6) is -0.647. The number of carbonyl (C=O) groups excluding carboxylic acids is 2. The van der Waals surface area contributed by atoms with Gasteiger partial charge in [-0.3, -0.25) is 14.1 Å². The van der Waals surface area contributed by atoms with Crippen LogP contribution in [0.5, 0.6) is 0 Å². The topological polar surface area (TPSA) is 116 Å². The van der Waals surface area contributed by atoms with Gasteiger partial charge in [0.1, 0.15) is 7.85 Å². The summed E-state index contributed by atoms with van der Waals surface area (Å²) in [5.41, 5.74) is 0. The van der Waals surface area contributed by atoms with E-state index >= 15 is 0 Å². The largest absolute Gasteiger partial charge is 0.469 e. The van der Waals surface area contributed by atoms with Gasteiger partial charge in [0.05, 0.1) is 13.2 Å². The van der Waals surface area contributed by atoms with Crippen LogP contribution in [0.3, 0.4) is 0 Å². The van der Waals surface area contributed by atoms with Gasteiger partial charge in [0.2, 0.25) is 11.8 Å². The number of carbonyl (C=O) groups is 2. The average Bonchev–Trinajstić information content (AvgIpc) is 2.24. The standard InChI is InChI=1S/C7H16BN2O6P/c1-9-6(11)5-10(7(12)4-8)2-3-16-17(13,14)15/h2-5,8H2,1H3,(H,9,11)(H2,13,14,15). The lowest BCUT2D eigenvalue weighted by Gasteiger charge is -2.21. The number of hydrogen-bond donors (Lipinski definition) is 3. The van der Waals surface area contributed by atoms with Crippen LogP contribution in [0.15, 0.2) is 0 Å². The van der Waals surface area contributed by atoms with E-state index in [1.165, 1.54) is 11.9 Å². The molecule has 0 aliphatic heterocycles. The molecule has 0 fully saturated rings. The Kier molecular flexibility index (Phi) is 7.06. The molecule has 0 rings (SSSR count). The van der Waals surface area contributed by atoms with Gasteiger partial charge in [-0.25, -0.2) is 4.57 Å². The Hall–Kier alpha value is -0.885. The first-order valence-corrected chi connectivity index (χ1v) is 6.51. The molecule has 0 aliphatic carbocycles. The van der Waals surface area contributed by atoms with Crippen molar-refractivity contribution in [3.8, 4) is 0 Å². The van der Waals surface area contributed by atoms with Crippen molar-refractivity contribution in [2.45, 2.75) is 6.32 Å². The molecule has 8 nitrogen and oxygen atoms in total. The molecule has 3 N–H and O–H groups in total. The van der Waals surface area contributed by atoms with Gasteiger partial charge in [-0.1, -0.05) is 0 Å². The first-order chi connectivity index (χ1) is 7.80. The second-order valence-electron chi connectivity index (χ2n) is 3.17. The fourth-order valence-corrected chi connectivity index (χ4v) is 1.36. The van der Waals surface area contributed by atoms with Crippen molar-refractivity contribution >= 4 is 27.5 Å². The molecule has 0 atom stereocenters. The predicted molar refractivity (Wildman–Crippen MR) is 62.0 cm³/mol. The van der Waals surface area contributed by atoms with Gasteiger partial charge in [-0.05, 0) is 6.32 Å². The number of phosphoric ester groups is 1. The molecule has 0 spiro atoms. The van der Waals surface area contributed by atoms with E-state index in [9.17, 15) is 14.2 Å². The van der Waals surface area contributed by atoms with E-state index in [2.05, 4.69) is 9.84 Å². The summed E-state index contributed by atoms with van der Waals surface area (Å²) in [4.78, 5) is 40.6. The lowest BCUT2D eigenvalue weighted by Crippen LogP contribution is -2.41. The highest BCUT2D eigenvalue weighted by molar-refractivity contribution is 7.46. The van der Waals surface area contributed by atoms with Crippen molar-refractivity contribution in [3.63, 3.8) is 0 Å². The second-order valence-corrected chi connectivity index (χ2v) is 4.41. The average molecular weight is 266 g/mol. The lowest BCUT2D eigenvalue weighted by molar-refractivity contribution is -0.134. The monoisotopic (exact) mass is 266 g/mol. The Balaban J connectivity index is 4.25. The maximum atomic E-state index is 11.4. The molecule has 10 heteroatoms. The Bertz CT molecular complexity index is 319. The van der Waals surface area contributed by atoms with Gasteiger partial charge in [0.15, 0.2) is 0 Å². The molecule has 0 saturated carbocycles. The number of nitrogens with zero attached hydrogens (tertiary/aromatic N) is 1. The predicted octanol–water partition coefficient (Wildman–Crippen LogP) is -2.28. The van der Waals surface area contributed by atoms with Gasteiger partial charge in [-0.2, -0.15) is 0 Å². The summed E-state index contributed by atoms with van der Waals surface area (Å²) < 4.78 is 14.6. The molecule has 0 bridgehead atoms. The van der Waals surface area contributed by atoms with Crippen molar-refractivity contribution in [2.75, 3.05) is 26.7 Å². The van der Waals surface area contributed by atoms with Crippen molar-refractivity contribution in [1.29, 1.82) is 0 Å². The molecular formula is C7H16BN2O6P. The van der Waals surface area contributed by atoms with Crippen LogP contribution in [0.1, 0.15) is 0 Å². The normalized spacial score (nSPS) is 11.0. The van der Waals surface area contributed by atoms with Crippen LogP contribution in [0, 0.1) is 0 Å². The molecule has 17 heavy (non-hydrogen) atoms. The molecule has 0 unspecified atom stereocenters. The van der Waals surface area contributed by atoms with E-state index in [4.69, 9.17) is 9.79 Å². The van der Waals surface area contributed by atoms with E-state index in [0.29, 0.717) is 0 Å². The zero-order chi connectivity index (χ0) is 13.5. The molecular weight excluding hydrogens is 250 g/mol. The molecule has 0 aromatic rings. The summed E-state index contributed by atoms with van der Waals surface area (Å²) in [7, 11) is -1.48. The van der Waals surface area contributed by atoms with Gasteiger partial charge >= 0.3 is 7.82 Å². The summed E-state index contributed by atoms with van der Waals surface area (Å²) in [6.07, 6.45) is 0.201. The van der Waals surface area contributed by atoms with Gasteiger partial charge < -0.3 is 20.0 Å². The number of phosphoric acid groups is 1. The Labute approximate surface area is 100.0 Å². The summed E-state index contributed by atoms with van der Waals surface area (Å²) in [6.45, 7) is -0.536. The van der Waals surface area contributed by atoms with E-state index in [1.807, 2.05) is 0 Å². The summed E-state index contributed by atoms with van der Waals surface area (Å²) in [6, 6.07) is 0. The number of rotatable bonds is 7. The minimum absolute atomic E-state index is 0.0504. The number of likely N-dealkylation sites (N-methyl/N-ethyl adjacent to an activating group) is 1. The van der Waals surface area contributed by atoms with E-state index in [1.54, 1.807) is 7.85 Å². The van der Waals surface area contributed by atoms with E-state index in [0.717, 1.165) is 0 Å². The fourth-order valence-electron chi connectivity index (χ4n) is 1.04.